The molecule has 168 valence electrons. The van der Waals surface area contributed by atoms with E-state index in [2.05, 4.69) is 15.9 Å². The second kappa shape index (κ2) is 9.50. The van der Waals surface area contributed by atoms with Crippen molar-refractivity contribution in [3.63, 3.8) is 0 Å². The lowest BCUT2D eigenvalue weighted by Gasteiger charge is -2.26. The Bertz CT molecular complexity index is 1220. The van der Waals surface area contributed by atoms with Gasteiger partial charge in [0.1, 0.15) is 5.76 Å². The third-order valence-corrected chi connectivity index (χ3v) is 6.26. The molecule has 1 aliphatic rings. The Balaban J connectivity index is 1.85. The molecule has 33 heavy (non-hydrogen) atoms. The number of phenolic OH excluding ortho intramolecular Hbond substituents is 1. The van der Waals surface area contributed by atoms with Crippen molar-refractivity contribution in [2.75, 3.05) is 13.7 Å². The molecule has 3 aromatic carbocycles. The lowest BCUT2D eigenvalue weighted by molar-refractivity contribution is -0.139. The molecule has 0 aliphatic carbocycles. The maximum atomic E-state index is 13.1. The molecule has 1 unspecified atom stereocenters. The maximum Gasteiger partial charge on any atom is 0.295 e. The number of ketones is 1. The minimum absolute atomic E-state index is 0.00101. The number of carbonyl (C=O) groups is 2. The third kappa shape index (κ3) is 4.36. The Kier molecular flexibility index (Phi) is 6.51. The van der Waals surface area contributed by atoms with E-state index in [1.807, 2.05) is 30.3 Å². The first-order valence-electron chi connectivity index (χ1n) is 10.4. The highest BCUT2D eigenvalue weighted by Crippen LogP contribution is 2.44. The standard InChI is InChI=1S/C26H22BrNO5/c1-33-20-15-18(14-19(27)24(20)30)22-21(23(29)17-10-6-3-7-11-17)25(31)26(32)28(22)13-12-16-8-4-2-5-9-16/h2-11,14-15,22,29-30H,12-13H2,1H3. The van der Waals surface area contributed by atoms with Crippen LogP contribution in [0.4, 0.5) is 0 Å². The number of hydrogen-bond donors (Lipinski definition) is 2. The van der Waals surface area contributed by atoms with Crippen LogP contribution in [0.2, 0.25) is 0 Å². The van der Waals surface area contributed by atoms with Crippen LogP contribution < -0.4 is 4.74 Å². The predicted molar refractivity (Wildman–Crippen MR) is 128 cm³/mol. The number of aliphatic hydroxyl groups excluding tert-OH is 1. The summed E-state index contributed by atoms with van der Waals surface area (Å²) in [5, 5.41) is 21.3. The van der Waals surface area contributed by atoms with E-state index in [0.29, 0.717) is 22.0 Å². The second-order valence-corrected chi connectivity index (χ2v) is 8.50. The molecule has 0 spiro atoms. The van der Waals surface area contributed by atoms with Crippen LogP contribution in [-0.4, -0.2) is 40.5 Å². The molecule has 1 heterocycles. The van der Waals surface area contributed by atoms with E-state index < -0.39 is 17.7 Å². The summed E-state index contributed by atoms with van der Waals surface area (Å²) in [6.45, 7) is 0.269. The van der Waals surface area contributed by atoms with Crippen molar-refractivity contribution in [3.05, 3.63) is 99.5 Å². The molecule has 2 N–H and O–H groups in total. The number of nitrogens with zero attached hydrogens (tertiary/aromatic N) is 1. The molecule has 1 aliphatic heterocycles. The van der Waals surface area contributed by atoms with Gasteiger partial charge in [-0.3, -0.25) is 9.59 Å². The van der Waals surface area contributed by atoms with Gasteiger partial charge in [0.2, 0.25) is 0 Å². The van der Waals surface area contributed by atoms with Gasteiger partial charge in [-0.1, -0.05) is 60.7 Å². The van der Waals surface area contributed by atoms with Gasteiger partial charge in [0.25, 0.3) is 11.7 Å². The summed E-state index contributed by atoms with van der Waals surface area (Å²) in [4.78, 5) is 27.7. The number of aliphatic hydroxyl groups is 1. The summed E-state index contributed by atoms with van der Waals surface area (Å²) in [6.07, 6.45) is 0.534. The number of rotatable bonds is 6. The number of ether oxygens (including phenoxy) is 1. The largest absolute Gasteiger partial charge is 0.507 e. The number of Topliss-reactive ketones (excluding diaryl/α,β-unsaturated/α-hetero) is 1. The van der Waals surface area contributed by atoms with Gasteiger partial charge in [-0.25, -0.2) is 0 Å². The van der Waals surface area contributed by atoms with Crippen molar-refractivity contribution in [2.45, 2.75) is 12.5 Å². The summed E-state index contributed by atoms with van der Waals surface area (Å²) in [7, 11) is 1.42. The molecule has 0 saturated carbocycles. The Morgan fingerprint density at radius 2 is 1.67 bits per heavy atom. The van der Waals surface area contributed by atoms with E-state index in [9.17, 15) is 19.8 Å². The number of amides is 1. The van der Waals surface area contributed by atoms with Crippen LogP contribution in [0.1, 0.15) is 22.7 Å². The van der Waals surface area contributed by atoms with Crippen molar-refractivity contribution >= 4 is 33.4 Å². The topological polar surface area (TPSA) is 87.1 Å². The summed E-state index contributed by atoms with van der Waals surface area (Å²) < 4.78 is 5.63. The quantitative estimate of drug-likeness (QED) is 0.283. The van der Waals surface area contributed by atoms with E-state index in [-0.39, 0.29) is 29.4 Å². The molecule has 1 atom stereocenters. The zero-order valence-corrected chi connectivity index (χ0v) is 19.5. The Morgan fingerprint density at radius 3 is 2.30 bits per heavy atom. The monoisotopic (exact) mass is 507 g/mol. The summed E-state index contributed by atoms with van der Waals surface area (Å²) in [6, 6.07) is 20.7. The van der Waals surface area contributed by atoms with Crippen molar-refractivity contribution in [1.29, 1.82) is 0 Å². The number of likely N-dealkylation sites (tertiary alicyclic amines) is 1. The number of carbonyl (C=O) groups excluding carboxylic acids is 2. The van der Waals surface area contributed by atoms with Crippen LogP contribution >= 0.6 is 15.9 Å². The smallest absolute Gasteiger partial charge is 0.295 e. The van der Waals surface area contributed by atoms with Crippen molar-refractivity contribution in [3.8, 4) is 11.5 Å². The molecule has 1 amide bonds. The summed E-state index contributed by atoms with van der Waals surface area (Å²) in [5.41, 5.74) is 1.99. The Labute approximate surface area is 199 Å². The zero-order valence-electron chi connectivity index (χ0n) is 17.9. The van der Waals surface area contributed by atoms with Crippen molar-refractivity contribution < 1.29 is 24.5 Å². The fraction of sp³-hybridized carbons (Fsp3) is 0.154. The van der Waals surface area contributed by atoms with Gasteiger partial charge >= 0.3 is 0 Å². The van der Waals surface area contributed by atoms with Gasteiger partial charge in [-0.2, -0.15) is 0 Å². The SMILES string of the molecule is COc1cc(C2C(=C(O)c3ccccc3)C(=O)C(=O)N2CCc2ccccc2)cc(Br)c1O. The number of phenols is 1. The summed E-state index contributed by atoms with van der Waals surface area (Å²) in [5.74, 6) is -1.59. The molecule has 0 bridgehead atoms. The van der Waals surface area contributed by atoms with E-state index in [1.54, 1.807) is 42.5 Å². The van der Waals surface area contributed by atoms with Crippen LogP contribution in [0.15, 0.2) is 82.8 Å². The lowest BCUT2D eigenvalue weighted by Crippen LogP contribution is -2.31. The average molecular weight is 508 g/mol. The Hall–Kier alpha value is -3.58. The van der Waals surface area contributed by atoms with Gasteiger partial charge in [0.05, 0.1) is 23.2 Å². The summed E-state index contributed by atoms with van der Waals surface area (Å²) >= 11 is 3.32. The van der Waals surface area contributed by atoms with E-state index >= 15 is 0 Å². The number of aromatic hydroxyl groups is 1. The molecule has 3 aromatic rings. The van der Waals surface area contributed by atoms with Crippen molar-refractivity contribution in [2.24, 2.45) is 0 Å². The first-order chi connectivity index (χ1) is 15.9. The average Bonchev–Trinajstić information content (AvgIpc) is 3.10. The zero-order chi connectivity index (χ0) is 23.5. The van der Waals surface area contributed by atoms with E-state index in [0.717, 1.165) is 5.56 Å². The molecular weight excluding hydrogens is 486 g/mol. The number of hydrogen-bond acceptors (Lipinski definition) is 5. The highest BCUT2D eigenvalue weighted by Gasteiger charge is 2.46. The lowest BCUT2D eigenvalue weighted by atomic mass is 9.95. The predicted octanol–water partition coefficient (Wildman–Crippen LogP) is 4.83. The van der Waals surface area contributed by atoms with Gasteiger partial charge in [0.15, 0.2) is 11.5 Å². The highest BCUT2D eigenvalue weighted by atomic mass is 79.9. The maximum absolute atomic E-state index is 13.1. The number of methoxy groups -OCH3 is 1. The molecular formula is C26H22BrNO5. The molecule has 0 aromatic heterocycles. The second-order valence-electron chi connectivity index (χ2n) is 7.65. The third-order valence-electron chi connectivity index (χ3n) is 5.66. The molecule has 6 nitrogen and oxygen atoms in total. The van der Waals surface area contributed by atoms with Crippen LogP contribution in [-0.2, 0) is 16.0 Å². The number of benzene rings is 3. The molecule has 1 fully saturated rings. The van der Waals surface area contributed by atoms with Gasteiger partial charge in [0, 0.05) is 12.1 Å². The first-order valence-corrected chi connectivity index (χ1v) is 11.2. The van der Waals surface area contributed by atoms with Gasteiger partial charge in [-0.05, 0) is 45.6 Å². The normalized spacial score (nSPS) is 17.4. The van der Waals surface area contributed by atoms with Gasteiger partial charge in [-0.15, -0.1) is 0 Å². The minimum Gasteiger partial charge on any atom is -0.507 e. The van der Waals surface area contributed by atoms with E-state index in [4.69, 9.17) is 4.74 Å². The highest BCUT2D eigenvalue weighted by molar-refractivity contribution is 9.10. The van der Waals surface area contributed by atoms with Crippen molar-refractivity contribution in [1.82, 2.24) is 4.90 Å². The molecule has 0 radical (unpaired) electrons. The molecule has 4 rings (SSSR count). The Morgan fingerprint density at radius 1 is 1.03 bits per heavy atom. The fourth-order valence-corrected chi connectivity index (χ4v) is 4.47. The first kappa shape index (κ1) is 22.6. The van der Waals surface area contributed by atoms with Gasteiger partial charge < -0.3 is 19.8 Å². The van der Waals surface area contributed by atoms with Crippen LogP contribution in [0.3, 0.4) is 0 Å². The minimum atomic E-state index is -0.847. The number of halogens is 1. The molecule has 7 heteroatoms. The molecule has 1 saturated heterocycles. The van der Waals surface area contributed by atoms with E-state index in [1.165, 1.54) is 12.0 Å². The van der Waals surface area contributed by atoms with Crippen LogP contribution in [0, 0.1) is 0 Å². The van der Waals surface area contributed by atoms with Crippen LogP contribution in [0.25, 0.3) is 5.76 Å². The fourth-order valence-electron chi connectivity index (χ4n) is 4.01. The van der Waals surface area contributed by atoms with Crippen LogP contribution in [0.5, 0.6) is 11.5 Å².